The molecule has 6 heteroatoms. The van der Waals surface area contributed by atoms with Gasteiger partial charge in [0.1, 0.15) is 0 Å². The molecule has 1 aromatic rings. The Morgan fingerprint density at radius 3 is 2.62 bits per heavy atom. The minimum absolute atomic E-state index is 0.0219. The summed E-state index contributed by atoms with van der Waals surface area (Å²) in [6.45, 7) is 2.59. The van der Waals surface area contributed by atoms with E-state index in [9.17, 15) is 14.4 Å². The Balaban J connectivity index is 1.75. The molecule has 1 aliphatic rings. The summed E-state index contributed by atoms with van der Waals surface area (Å²) in [5, 5.41) is 5.60. The first-order chi connectivity index (χ1) is 10.1. The van der Waals surface area contributed by atoms with Crippen LogP contribution in [0.2, 0.25) is 0 Å². The van der Waals surface area contributed by atoms with Crippen LogP contribution in [0, 0.1) is 0 Å². The average molecular weight is 289 g/mol. The highest BCUT2D eigenvalue weighted by molar-refractivity contribution is 6.05. The van der Waals surface area contributed by atoms with Crippen LogP contribution in [0.5, 0.6) is 0 Å². The fraction of sp³-hybridized carbons (Fsp3) is 0.400. The Labute approximate surface area is 123 Å². The highest BCUT2D eigenvalue weighted by Gasteiger charge is 2.37. The monoisotopic (exact) mass is 289 g/mol. The van der Waals surface area contributed by atoms with Crippen LogP contribution >= 0.6 is 0 Å². The Morgan fingerprint density at radius 1 is 1.29 bits per heavy atom. The second kappa shape index (κ2) is 6.99. The van der Waals surface area contributed by atoms with E-state index in [0.717, 1.165) is 5.56 Å². The number of carbonyl (C=O) groups is 3. The van der Waals surface area contributed by atoms with Crippen LogP contribution in [0.3, 0.4) is 0 Å². The summed E-state index contributed by atoms with van der Waals surface area (Å²) >= 11 is 0. The van der Waals surface area contributed by atoms with Gasteiger partial charge in [-0.3, -0.25) is 24.6 Å². The summed E-state index contributed by atoms with van der Waals surface area (Å²) < 4.78 is 0. The third-order valence-electron chi connectivity index (χ3n) is 3.40. The number of rotatable bonds is 6. The minimum Gasteiger partial charge on any atom is -0.351 e. The van der Waals surface area contributed by atoms with Gasteiger partial charge in [-0.05, 0) is 12.5 Å². The third-order valence-corrected chi connectivity index (χ3v) is 3.40. The number of likely N-dealkylation sites (N-methyl/N-ethyl adjacent to an activating group) is 1. The first-order valence-corrected chi connectivity index (χ1v) is 7.00. The smallest absolute Gasteiger partial charge is 0.246 e. The van der Waals surface area contributed by atoms with Crippen molar-refractivity contribution < 1.29 is 14.4 Å². The van der Waals surface area contributed by atoms with Crippen molar-refractivity contribution in [1.82, 2.24) is 15.5 Å². The van der Waals surface area contributed by atoms with E-state index in [1.54, 1.807) is 6.92 Å². The van der Waals surface area contributed by atoms with Crippen LogP contribution in [0.1, 0.15) is 18.9 Å². The van der Waals surface area contributed by atoms with Crippen molar-refractivity contribution in [3.8, 4) is 0 Å². The number of hydrogen-bond acceptors (Lipinski definition) is 4. The highest BCUT2D eigenvalue weighted by atomic mass is 16.2. The predicted octanol–water partition coefficient (Wildman–Crippen LogP) is 0.0398. The number of likely N-dealkylation sites (tertiary alicyclic amines) is 1. The molecule has 1 saturated heterocycles. The zero-order valence-electron chi connectivity index (χ0n) is 12.0. The lowest BCUT2D eigenvalue weighted by Crippen LogP contribution is -2.43. The Morgan fingerprint density at radius 2 is 2.00 bits per heavy atom. The molecule has 2 rings (SSSR count). The molecule has 1 aliphatic heterocycles. The summed E-state index contributed by atoms with van der Waals surface area (Å²) in [6, 6.07) is 8.98. The van der Waals surface area contributed by atoms with E-state index in [0.29, 0.717) is 13.1 Å². The van der Waals surface area contributed by atoms with Crippen LogP contribution in [0.15, 0.2) is 30.3 Å². The molecular weight excluding hydrogens is 270 g/mol. The van der Waals surface area contributed by atoms with Gasteiger partial charge in [0.2, 0.25) is 17.7 Å². The second-order valence-electron chi connectivity index (χ2n) is 4.88. The van der Waals surface area contributed by atoms with Gasteiger partial charge in [-0.2, -0.15) is 0 Å². The van der Waals surface area contributed by atoms with E-state index in [1.165, 1.54) is 4.90 Å². The summed E-state index contributed by atoms with van der Waals surface area (Å²) in [7, 11) is 0. The second-order valence-corrected chi connectivity index (χ2v) is 4.88. The first kappa shape index (κ1) is 15.2. The molecule has 1 fully saturated rings. The van der Waals surface area contributed by atoms with Crippen molar-refractivity contribution in [2.75, 3.05) is 13.1 Å². The van der Waals surface area contributed by atoms with E-state index >= 15 is 0 Å². The molecular formula is C15H19N3O3. The molecule has 1 aromatic carbocycles. The van der Waals surface area contributed by atoms with E-state index in [1.807, 2.05) is 30.3 Å². The van der Waals surface area contributed by atoms with E-state index in [2.05, 4.69) is 10.6 Å². The van der Waals surface area contributed by atoms with Gasteiger partial charge in [0, 0.05) is 13.1 Å². The quantitative estimate of drug-likeness (QED) is 0.725. The molecule has 1 atom stereocenters. The molecule has 0 bridgehead atoms. The summed E-state index contributed by atoms with van der Waals surface area (Å²) in [5.41, 5.74) is 1.01. The number of amides is 3. The summed E-state index contributed by atoms with van der Waals surface area (Å²) in [4.78, 5) is 36.3. The largest absolute Gasteiger partial charge is 0.351 e. The van der Waals surface area contributed by atoms with Crippen LogP contribution in [-0.4, -0.2) is 41.8 Å². The third kappa shape index (κ3) is 3.88. The van der Waals surface area contributed by atoms with Gasteiger partial charge < -0.3 is 5.32 Å². The maximum atomic E-state index is 11.8. The molecule has 0 spiro atoms. The highest BCUT2D eigenvalue weighted by Crippen LogP contribution is 2.11. The fourth-order valence-electron chi connectivity index (χ4n) is 2.25. The maximum Gasteiger partial charge on any atom is 0.246 e. The van der Waals surface area contributed by atoms with Gasteiger partial charge >= 0.3 is 0 Å². The predicted molar refractivity (Wildman–Crippen MR) is 77.1 cm³/mol. The molecule has 0 radical (unpaired) electrons. The normalized spacial score (nSPS) is 18.1. The molecule has 6 nitrogen and oxygen atoms in total. The van der Waals surface area contributed by atoms with Crippen LogP contribution in [-0.2, 0) is 20.9 Å². The molecule has 1 heterocycles. The zero-order chi connectivity index (χ0) is 15.2. The van der Waals surface area contributed by atoms with Crippen molar-refractivity contribution in [2.45, 2.75) is 25.9 Å². The van der Waals surface area contributed by atoms with E-state index in [4.69, 9.17) is 0 Å². The van der Waals surface area contributed by atoms with Gasteiger partial charge in [-0.25, -0.2) is 0 Å². The Bertz CT molecular complexity index is 530. The number of carbonyl (C=O) groups excluding carboxylic acids is 3. The topological polar surface area (TPSA) is 78.5 Å². The van der Waals surface area contributed by atoms with Crippen molar-refractivity contribution in [1.29, 1.82) is 0 Å². The Kier molecular flexibility index (Phi) is 5.05. The van der Waals surface area contributed by atoms with Crippen molar-refractivity contribution >= 4 is 17.7 Å². The zero-order valence-corrected chi connectivity index (χ0v) is 12.0. The number of imide groups is 1. The lowest BCUT2D eigenvalue weighted by atomic mass is 10.2. The SMILES string of the molecule is CCN1C(=O)CC(NCC(=O)NCc2ccccc2)C1=O. The number of hydrogen-bond donors (Lipinski definition) is 2. The lowest BCUT2D eigenvalue weighted by Gasteiger charge is -2.13. The molecule has 21 heavy (non-hydrogen) atoms. The molecule has 112 valence electrons. The lowest BCUT2D eigenvalue weighted by molar-refractivity contribution is -0.138. The van der Waals surface area contributed by atoms with Gasteiger partial charge in [0.15, 0.2) is 0 Å². The standard InChI is InChI=1S/C15H19N3O3/c1-2-18-14(20)8-12(15(18)21)16-10-13(19)17-9-11-6-4-3-5-7-11/h3-7,12,16H,2,8-10H2,1H3,(H,17,19). The first-order valence-electron chi connectivity index (χ1n) is 7.00. The molecule has 0 aliphatic carbocycles. The molecule has 0 saturated carbocycles. The van der Waals surface area contributed by atoms with Crippen LogP contribution < -0.4 is 10.6 Å². The molecule has 1 unspecified atom stereocenters. The van der Waals surface area contributed by atoms with Crippen LogP contribution in [0.4, 0.5) is 0 Å². The number of nitrogens with one attached hydrogen (secondary N) is 2. The van der Waals surface area contributed by atoms with Crippen LogP contribution in [0.25, 0.3) is 0 Å². The summed E-state index contributed by atoms with van der Waals surface area (Å²) in [5.74, 6) is -0.642. The fourth-order valence-corrected chi connectivity index (χ4v) is 2.25. The van der Waals surface area contributed by atoms with Crippen molar-refractivity contribution in [2.24, 2.45) is 0 Å². The maximum absolute atomic E-state index is 11.8. The minimum atomic E-state index is -0.583. The molecule has 3 amide bonds. The van der Waals surface area contributed by atoms with E-state index in [-0.39, 0.29) is 30.7 Å². The Hall–Kier alpha value is -2.21. The van der Waals surface area contributed by atoms with Gasteiger partial charge in [-0.1, -0.05) is 30.3 Å². The van der Waals surface area contributed by atoms with Gasteiger partial charge in [0.25, 0.3) is 0 Å². The number of nitrogens with zero attached hydrogens (tertiary/aromatic N) is 1. The van der Waals surface area contributed by atoms with E-state index < -0.39 is 6.04 Å². The molecule has 2 N–H and O–H groups in total. The summed E-state index contributed by atoms with van der Waals surface area (Å²) in [6.07, 6.45) is 0.124. The van der Waals surface area contributed by atoms with Gasteiger partial charge in [-0.15, -0.1) is 0 Å². The van der Waals surface area contributed by atoms with Gasteiger partial charge in [0.05, 0.1) is 19.0 Å². The number of benzene rings is 1. The average Bonchev–Trinajstić information content (AvgIpc) is 2.77. The van der Waals surface area contributed by atoms with Crippen molar-refractivity contribution in [3.05, 3.63) is 35.9 Å². The molecule has 0 aromatic heterocycles. The van der Waals surface area contributed by atoms with Crippen molar-refractivity contribution in [3.63, 3.8) is 0 Å².